The van der Waals surface area contributed by atoms with Crippen LogP contribution in [-0.2, 0) is 11.2 Å². The molecule has 0 saturated carbocycles. The van der Waals surface area contributed by atoms with E-state index in [1.807, 2.05) is 24.3 Å². The molecule has 0 aromatic carbocycles. The summed E-state index contributed by atoms with van der Waals surface area (Å²) in [5.41, 5.74) is 1.00. The van der Waals surface area contributed by atoms with Gasteiger partial charge in [-0.25, -0.2) is 4.98 Å². The maximum atomic E-state index is 12.2. The Morgan fingerprint density at radius 2 is 2.08 bits per heavy atom. The van der Waals surface area contributed by atoms with E-state index in [1.54, 1.807) is 19.5 Å². The molecule has 0 unspecified atom stereocenters. The average Bonchev–Trinajstić information content (AvgIpc) is 2.69. The van der Waals surface area contributed by atoms with E-state index < -0.39 is 0 Å². The summed E-state index contributed by atoms with van der Waals surface area (Å²) in [6, 6.07) is 8.12. The van der Waals surface area contributed by atoms with Gasteiger partial charge in [-0.15, -0.1) is 0 Å². The quantitative estimate of drug-likeness (QED) is 0.816. The first kappa shape index (κ1) is 18.1. The maximum absolute atomic E-state index is 12.2. The summed E-state index contributed by atoms with van der Waals surface area (Å²) in [4.78, 5) is 27.1. The third kappa shape index (κ3) is 5.15. The van der Waals surface area contributed by atoms with Crippen LogP contribution in [0.2, 0.25) is 0 Å². The zero-order chi connectivity index (χ0) is 18.2. The van der Waals surface area contributed by atoms with E-state index in [2.05, 4.69) is 25.2 Å². The molecule has 7 heteroatoms. The lowest BCUT2D eigenvalue weighted by atomic mass is 9.93. The van der Waals surface area contributed by atoms with Crippen molar-refractivity contribution >= 4 is 11.7 Å². The zero-order valence-corrected chi connectivity index (χ0v) is 15.1. The lowest BCUT2D eigenvalue weighted by Crippen LogP contribution is -2.36. The minimum absolute atomic E-state index is 0.128. The number of aromatic nitrogens is 3. The number of hydrogen-bond acceptors (Lipinski definition) is 6. The van der Waals surface area contributed by atoms with Gasteiger partial charge >= 0.3 is 6.01 Å². The van der Waals surface area contributed by atoms with Gasteiger partial charge in [0.15, 0.2) is 0 Å². The van der Waals surface area contributed by atoms with Gasteiger partial charge < -0.3 is 15.0 Å². The molecule has 1 aliphatic rings. The molecular formula is C19H25N5O2. The largest absolute Gasteiger partial charge is 0.467 e. The van der Waals surface area contributed by atoms with Gasteiger partial charge in [0.05, 0.1) is 7.11 Å². The van der Waals surface area contributed by atoms with Crippen LogP contribution in [0, 0.1) is 5.92 Å². The molecule has 138 valence electrons. The zero-order valence-electron chi connectivity index (χ0n) is 15.1. The minimum Gasteiger partial charge on any atom is -0.467 e. The number of carbonyl (C=O) groups excluding carboxylic acids is 1. The molecule has 26 heavy (non-hydrogen) atoms. The van der Waals surface area contributed by atoms with Crippen molar-refractivity contribution < 1.29 is 9.53 Å². The number of nitrogens with zero attached hydrogens (tertiary/aromatic N) is 4. The molecule has 1 saturated heterocycles. The van der Waals surface area contributed by atoms with E-state index in [0.29, 0.717) is 24.9 Å². The molecule has 0 bridgehead atoms. The first-order valence-corrected chi connectivity index (χ1v) is 9.03. The molecule has 3 rings (SSSR count). The van der Waals surface area contributed by atoms with Crippen LogP contribution in [0.25, 0.3) is 0 Å². The highest BCUT2D eigenvalue weighted by Crippen LogP contribution is 2.24. The number of nitrogens with one attached hydrogen (secondary N) is 1. The molecule has 0 spiro atoms. The Morgan fingerprint density at radius 1 is 1.23 bits per heavy atom. The highest BCUT2D eigenvalue weighted by Gasteiger charge is 2.22. The Kier molecular flexibility index (Phi) is 6.35. The van der Waals surface area contributed by atoms with Gasteiger partial charge in [0.1, 0.15) is 5.82 Å². The van der Waals surface area contributed by atoms with Crippen molar-refractivity contribution in [1.29, 1.82) is 0 Å². The van der Waals surface area contributed by atoms with Gasteiger partial charge in [-0.2, -0.15) is 4.98 Å². The summed E-state index contributed by atoms with van der Waals surface area (Å²) < 4.78 is 5.08. The van der Waals surface area contributed by atoms with E-state index in [0.717, 1.165) is 43.9 Å². The van der Waals surface area contributed by atoms with Gasteiger partial charge in [-0.05, 0) is 37.0 Å². The number of piperidine rings is 1. The van der Waals surface area contributed by atoms with Crippen molar-refractivity contribution in [3.05, 3.63) is 42.4 Å². The lowest BCUT2D eigenvalue weighted by molar-refractivity contribution is -0.122. The molecule has 1 fully saturated rings. The molecule has 1 N–H and O–H groups in total. The Labute approximate surface area is 153 Å². The first-order chi connectivity index (χ1) is 12.7. The lowest BCUT2D eigenvalue weighted by Gasteiger charge is -2.32. The SMILES string of the molecule is COc1nccc(N2CCC(CC(=O)NCCc3ccccn3)CC2)n1. The summed E-state index contributed by atoms with van der Waals surface area (Å²) in [6.45, 7) is 2.42. The Morgan fingerprint density at radius 3 is 2.81 bits per heavy atom. The van der Waals surface area contributed by atoms with Crippen LogP contribution in [0.3, 0.4) is 0 Å². The summed E-state index contributed by atoms with van der Waals surface area (Å²) >= 11 is 0. The molecule has 7 nitrogen and oxygen atoms in total. The van der Waals surface area contributed by atoms with E-state index in [9.17, 15) is 4.79 Å². The second kappa shape index (κ2) is 9.12. The molecule has 0 radical (unpaired) electrons. The van der Waals surface area contributed by atoms with E-state index in [1.165, 1.54) is 0 Å². The average molecular weight is 355 g/mol. The molecule has 3 heterocycles. The second-order valence-corrected chi connectivity index (χ2v) is 6.46. The van der Waals surface area contributed by atoms with Crippen molar-refractivity contribution in [3.8, 4) is 6.01 Å². The fourth-order valence-corrected chi connectivity index (χ4v) is 3.18. The van der Waals surface area contributed by atoms with Crippen LogP contribution >= 0.6 is 0 Å². The summed E-state index contributed by atoms with van der Waals surface area (Å²) in [5.74, 6) is 1.43. The Balaban J connectivity index is 1.38. The number of amides is 1. The third-order valence-electron chi connectivity index (χ3n) is 4.64. The molecule has 1 aliphatic heterocycles. The number of pyridine rings is 1. The smallest absolute Gasteiger partial charge is 0.318 e. The van der Waals surface area contributed by atoms with Crippen molar-refractivity contribution in [2.75, 3.05) is 31.6 Å². The van der Waals surface area contributed by atoms with E-state index >= 15 is 0 Å². The summed E-state index contributed by atoms with van der Waals surface area (Å²) in [5, 5.41) is 3.01. The van der Waals surface area contributed by atoms with Gasteiger partial charge in [0, 0.05) is 50.6 Å². The van der Waals surface area contributed by atoms with Crippen LogP contribution in [0.15, 0.2) is 36.7 Å². The predicted octanol–water partition coefficient (Wildman–Crippen LogP) is 1.85. The highest BCUT2D eigenvalue weighted by atomic mass is 16.5. The van der Waals surface area contributed by atoms with E-state index in [-0.39, 0.29) is 5.91 Å². The maximum Gasteiger partial charge on any atom is 0.318 e. The highest BCUT2D eigenvalue weighted by molar-refractivity contribution is 5.76. The number of carbonyl (C=O) groups is 1. The van der Waals surface area contributed by atoms with Crippen molar-refractivity contribution in [1.82, 2.24) is 20.3 Å². The topological polar surface area (TPSA) is 80.2 Å². The van der Waals surface area contributed by atoms with Crippen LogP contribution in [0.5, 0.6) is 6.01 Å². The molecule has 1 amide bonds. The van der Waals surface area contributed by atoms with E-state index in [4.69, 9.17) is 4.74 Å². The van der Waals surface area contributed by atoms with Gasteiger partial charge in [0.25, 0.3) is 0 Å². The predicted molar refractivity (Wildman–Crippen MR) is 99.1 cm³/mol. The molecule has 0 aliphatic carbocycles. The Hall–Kier alpha value is -2.70. The second-order valence-electron chi connectivity index (χ2n) is 6.46. The van der Waals surface area contributed by atoms with Crippen LogP contribution < -0.4 is 15.0 Å². The fraction of sp³-hybridized carbons (Fsp3) is 0.474. The van der Waals surface area contributed by atoms with Crippen molar-refractivity contribution in [2.45, 2.75) is 25.7 Å². The van der Waals surface area contributed by atoms with Crippen LogP contribution in [-0.4, -0.2) is 47.6 Å². The molecule has 0 atom stereocenters. The molecule has 2 aromatic heterocycles. The number of hydrogen-bond donors (Lipinski definition) is 1. The summed E-state index contributed by atoms with van der Waals surface area (Å²) in [6.07, 6.45) is 6.81. The van der Waals surface area contributed by atoms with Gasteiger partial charge in [0.2, 0.25) is 5.91 Å². The molecular weight excluding hydrogens is 330 g/mol. The van der Waals surface area contributed by atoms with Gasteiger partial charge in [-0.3, -0.25) is 9.78 Å². The molecule has 2 aromatic rings. The number of ether oxygens (including phenoxy) is 1. The van der Waals surface area contributed by atoms with Crippen LogP contribution in [0.1, 0.15) is 25.0 Å². The first-order valence-electron chi connectivity index (χ1n) is 9.03. The Bertz CT molecular complexity index is 702. The fourth-order valence-electron chi connectivity index (χ4n) is 3.18. The number of methoxy groups -OCH3 is 1. The monoisotopic (exact) mass is 355 g/mol. The normalized spacial score (nSPS) is 14.9. The van der Waals surface area contributed by atoms with Gasteiger partial charge in [-0.1, -0.05) is 6.07 Å². The van der Waals surface area contributed by atoms with Crippen molar-refractivity contribution in [3.63, 3.8) is 0 Å². The number of anilines is 1. The summed E-state index contributed by atoms with van der Waals surface area (Å²) in [7, 11) is 1.57. The third-order valence-corrected chi connectivity index (χ3v) is 4.64. The van der Waals surface area contributed by atoms with Crippen LogP contribution in [0.4, 0.5) is 5.82 Å². The number of rotatable bonds is 7. The van der Waals surface area contributed by atoms with Crippen molar-refractivity contribution in [2.24, 2.45) is 5.92 Å². The minimum atomic E-state index is 0.128. The standard InChI is InChI=1S/C19H25N5O2/c1-26-19-22-11-6-17(23-19)24-12-7-15(8-13-24)14-18(25)21-10-5-16-4-2-3-9-20-16/h2-4,6,9,11,15H,5,7-8,10,12-14H2,1H3,(H,21,25).